The average molecular weight is 242 g/mol. The molecule has 0 aromatic rings. The predicted octanol–water partition coefficient (Wildman–Crippen LogP) is 1.02. The molecule has 0 saturated heterocycles. The van der Waals surface area contributed by atoms with Crippen LogP contribution in [0.25, 0.3) is 0 Å². The molecule has 1 fully saturated rings. The van der Waals surface area contributed by atoms with Gasteiger partial charge >= 0.3 is 5.97 Å². The second-order valence-corrected chi connectivity index (χ2v) is 5.33. The van der Waals surface area contributed by atoms with Crippen molar-refractivity contribution in [3.05, 3.63) is 0 Å². The molecule has 17 heavy (non-hydrogen) atoms. The first-order chi connectivity index (χ1) is 7.81. The first-order valence-corrected chi connectivity index (χ1v) is 6.15. The van der Waals surface area contributed by atoms with Gasteiger partial charge in [-0.05, 0) is 32.6 Å². The van der Waals surface area contributed by atoms with Gasteiger partial charge in [-0.15, -0.1) is 0 Å². The van der Waals surface area contributed by atoms with Gasteiger partial charge in [-0.3, -0.25) is 9.59 Å². The number of carboxylic acid groups (broad SMARTS) is 1. The van der Waals surface area contributed by atoms with Crippen LogP contribution in [0.15, 0.2) is 0 Å². The third-order valence-electron chi connectivity index (χ3n) is 3.47. The Bertz CT molecular complexity index is 309. The molecule has 0 radical (unpaired) electrons. The van der Waals surface area contributed by atoms with Gasteiger partial charge in [0.15, 0.2) is 0 Å². The minimum absolute atomic E-state index is 0.0130. The summed E-state index contributed by atoms with van der Waals surface area (Å²) in [5.41, 5.74) is 4.46. The summed E-state index contributed by atoms with van der Waals surface area (Å²) in [6, 6.07) is 0. The smallest absolute Gasteiger partial charge is 0.305 e. The summed E-state index contributed by atoms with van der Waals surface area (Å²) in [4.78, 5) is 22.8. The maximum atomic E-state index is 12.0. The van der Waals surface area contributed by atoms with Crippen LogP contribution in [0.1, 0.15) is 52.4 Å². The number of nitrogens with one attached hydrogen (secondary N) is 1. The number of carbonyl (C=O) groups excluding carboxylic acids is 1. The van der Waals surface area contributed by atoms with E-state index in [1.165, 1.54) is 0 Å². The topological polar surface area (TPSA) is 92.4 Å². The van der Waals surface area contributed by atoms with E-state index in [-0.39, 0.29) is 12.3 Å². The number of amides is 1. The van der Waals surface area contributed by atoms with Gasteiger partial charge in [0.2, 0.25) is 5.91 Å². The lowest BCUT2D eigenvalue weighted by Gasteiger charge is -2.43. The van der Waals surface area contributed by atoms with Gasteiger partial charge in [0.1, 0.15) is 0 Å². The maximum absolute atomic E-state index is 12.0. The van der Waals surface area contributed by atoms with Crippen molar-refractivity contribution < 1.29 is 14.7 Å². The SMILES string of the molecule is CCCC(C)(N)C(=O)NC1(CC(=O)O)CCC1. The lowest BCUT2D eigenvalue weighted by atomic mass is 9.73. The summed E-state index contributed by atoms with van der Waals surface area (Å²) in [7, 11) is 0. The molecule has 1 aliphatic rings. The van der Waals surface area contributed by atoms with Crippen LogP contribution in [0.3, 0.4) is 0 Å². The molecule has 1 aliphatic carbocycles. The molecule has 0 bridgehead atoms. The molecule has 0 aromatic carbocycles. The van der Waals surface area contributed by atoms with Crippen molar-refractivity contribution in [2.24, 2.45) is 5.73 Å². The van der Waals surface area contributed by atoms with Gasteiger partial charge in [-0.1, -0.05) is 13.3 Å². The normalized spacial score (nSPS) is 21.1. The third kappa shape index (κ3) is 3.43. The third-order valence-corrected chi connectivity index (χ3v) is 3.47. The lowest BCUT2D eigenvalue weighted by Crippen LogP contribution is -2.62. The zero-order valence-corrected chi connectivity index (χ0v) is 10.6. The fourth-order valence-electron chi connectivity index (χ4n) is 2.26. The van der Waals surface area contributed by atoms with Crippen molar-refractivity contribution in [3.63, 3.8) is 0 Å². The molecular formula is C12H22N2O3. The number of hydrogen-bond acceptors (Lipinski definition) is 3. The fraction of sp³-hybridized carbons (Fsp3) is 0.833. The zero-order valence-electron chi connectivity index (χ0n) is 10.6. The molecule has 0 aliphatic heterocycles. The van der Waals surface area contributed by atoms with E-state index in [1.807, 2.05) is 6.92 Å². The van der Waals surface area contributed by atoms with Gasteiger partial charge in [0.25, 0.3) is 0 Å². The Morgan fingerprint density at radius 2 is 2.06 bits per heavy atom. The minimum Gasteiger partial charge on any atom is -0.481 e. The summed E-state index contributed by atoms with van der Waals surface area (Å²) in [6.07, 6.45) is 3.83. The molecule has 98 valence electrons. The zero-order chi connectivity index (χ0) is 13.1. The maximum Gasteiger partial charge on any atom is 0.305 e. The van der Waals surface area contributed by atoms with E-state index >= 15 is 0 Å². The van der Waals surface area contributed by atoms with Crippen molar-refractivity contribution in [1.82, 2.24) is 5.32 Å². The van der Waals surface area contributed by atoms with E-state index in [2.05, 4.69) is 5.32 Å². The van der Waals surface area contributed by atoms with Crippen molar-refractivity contribution in [3.8, 4) is 0 Å². The van der Waals surface area contributed by atoms with E-state index < -0.39 is 17.0 Å². The van der Waals surface area contributed by atoms with Crippen molar-refractivity contribution in [2.45, 2.75) is 63.5 Å². The highest BCUT2D eigenvalue weighted by atomic mass is 16.4. The standard InChI is InChI=1S/C12H22N2O3/c1-3-5-11(2,13)10(17)14-12(6-4-7-12)8-9(15)16/h3-8,13H2,1-2H3,(H,14,17)(H,15,16). The number of nitrogens with two attached hydrogens (primary N) is 1. The summed E-state index contributed by atoms with van der Waals surface area (Å²) in [5, 5.41) is 11.7. The largest absolute Gasteiger partial charge is 0.481 e. The molecule has 1 amide bonds. The number of hydrogen-bond donors (Lipinski definition) is 3. The van der Waals surface area contributed by atoms with E-state index in [4.69, 9.17) is 10.8 Å². The second-order valence-electron chi connectivity index (χ2n) is 5.33. The van der Waals surface area contributed by atoms with E-state index in [9.17, 15) is 9.59 Å². The molecular weight excluding hydrogens is 220 g/mol. The first-order valence-electron chi connectivity index (χ1n) is 6.15. The molecule has 0 spiro atoms. The highest BCUT2D eigenvalue weighted by molar-refractivity contribution is 5.87. The van der Waals surface area contributed by atoms with Gasteiger partial charge in [0.05, 0.1) is 17.5 Å². The molecule has 5 heteroatoms. The predicted molar refractivity (Wildman–Crippen MR) is 64.5 cm³/mol. The van der Waals surface area contributed by atoms with Gasteiger partial charge in [0, 0.05) is 0 Å². The molecule has 1 saturated carbocycles. The summed E-state index contributed by atoms with van der Waals surface area (Å²) >= 11 is 0. The van der Waals surface area contributed by atoms with Crippen LogP contribution in [-0.4, -0.2) is 28.1 Å². The van der Waals surface area contributed by atoms with Crippen molar-refractivity contribution in [2.75, 3.05) is 0 Å². The Morgan fingerprint density at radius 3 is 2.41 bits per heavy atom. The number of aliphatic carboxylic acids is 1. The van der Waals surface area contributed by atoms with Crippen molar-refractivity contribution >= 4 is 11.9 Å². The van der Waals surface area contributed by atoms with Crippen LogP contribution in [-0.2, 0) is 9.59 Å². The van der Waals surface area contributed by atoms with Crippen LogP contribution in [0.5, 0.6) is 0 Å². The van der Waals surface area contributed by atoms with Gasteiger partial charge in [-0.2, -0.15) is 0 Å². The Hall–Kier alpha value is -1.10. The van der Waals surface area contributed by atoms with Crippen LogP contribution in [0.4, 0.5) is 0 Å². The number of carbonyl (C=O) groups is 2. The van der Waals surface area contributed by atoms with Gasteiger partial charge in [-0.25, -0.2) is 0 Å². The summed E-state index contributed by atoms with van der Waals surface area (Å²) in [5.74, 6) is -1.11. The molecule has 1 unspecified atom stereocenters. The van der Waals surface area contributed by atoms with E-state index in [0.29, 0.717) is 6.42 Å². The van der Waals surface area contributed by atoms with E-state index in [0.717, 1.165) is 25.7 Å². The van der Waals surface area contributed by atoms with Crippen LogP contribution < -0.4 is 11.1 Å². The highest BCUT2D eigenvalue weighted by Crippen LogP contribution is 2.35. The molecule has 1 rings (SSSR count). The second kappa shape index (κ2) is 5.04. The molecule has 0 aromatic heterocycles. The summed E-state index contributed by atoms with van der Waals surface area (Å²) < 4.78 is 0. The van der Waals surface area contributed by atoms with Gasteiger partial charge < -0.3 is 16.2 Å². The van der Waals surface area contributed by atoms with Crippen LogP contribution in [0, 0.1) is 0 Å². The van der Waals surface area contributed by atoms with E-state index in [1.54, 1.807) is 6.92 Å². The Kier molecular flexibility index (Phi) is 4.14. The number of carboxylic acids is 1. The molecule has 1 atom stereocenters. The monoisotopic (exact) mass is 242 g/mol. The molecule has 0 heterocycles. The molecule has 5 nitrogen and oxygen atoms in total. The first kappa shape index (κ1) is 14.0. The fourth-order valence-corrected chi connectivity index (χ4v) is 2.26. The lowest BCUT2D eigenvalue weighted by molar-refractivity contribution is -0.141. The quantitative estimate of drug-likeness (QED) is 0.648. The number of rotatable bonds is 6. The summed E-state index contributed by atoms with van der Waals surface area (Å²) in [6.45, 7) is 3.66. The Balaban J connectivity index is 2.62. The highest BCUT2D eigenvalue weighted by Gasteiger charge is 2.42. The Labute approximate surface area is 102 Å². The Morgan fingerprint density at radius 1 is 1.47 bits per heavy atom. The van der Waals surface area contributed by atoms with Crippen molar-refractivity contribution in [1.29, 1.82) is 0 Å². The minimum atomic E-state index is -0.907. The molecule has 4 N–H and O–H groups in total. The van der Waals surface area contributed by atoms with Crippen LogP contribution in [0.2, 0.25) is 0 Å². The average Bonchev–Trinajstić information content (AvgIpc) is 2.13. The van der Waals surface area contributed by atoms with Crippen LogP contribution >= 0.6 is 0 Å².